The summed E-state index contributed by atoms with van der Waals surface area (Å²) in [7, 11) is 3.54. The quantitative estimate of drug-likeness (QED) is 0.868. The summed E-state index contributed by atoms with van der Waals surface area (Å²) >= 11 is 1.64. The smallest absolute Gasteiger partial charge is 0.183 e. The number of methoxy groups -OCH3 is 1. The molecule has 0 aliphatic heterocycles. The second kappa shape index (κ2) is 6.80. The Morgan fingerprint density at radius 3 is 2.62 bits per heavy atom. The largest absolute Gasteiger partial charge is 0.493 e. The second-order valence-electron chi connectivity index (χ2n) is 5.25. The molecule has 0 saturated heterocycles. The van der Waals surface area contributed by atoms with E-state index in [0.717, 1.165) is 32.8 Å². The molecule has 1 aromatic heterocycles. The van der Waals surface area contributed by atoms with Gasteiger partial charge in [0.1, 0.15) is 0 Å². The van der Waals surface area contributed by atoms with Crippen molar-refractivity contribution in [2.45, 2.75) is 20.8 Å². The summed E-state index contributed by atoms with van der Waals surface area (Å²) in [4.78, 5) is 5.64. The molecule has 1 aromatic carbocycles. The molecule has 1 heterocycles. The van der Waals surface area contributed by atoms with Crippen molar-refractivity contribution in [3.05, 3.63) is 23.9 Å². The Kier molecular flexibility index (Phi) is 5.07. The summed E-state index contributed by atoms with van der Waals surface area (Å²) in [6.45, 7) is 6.94. The fraction of sp³-hybridized carbons (Fsp3) is 0.438. The summed E-state index contributed by atoms with van der Waals surface area (Å²) in [6.07, 6.45) is 0. The zero-order chi connectivity index (χ0) is 15.4. The first-order chi connectivity index (χ1) is 10.0. The molecule has 5 heteroatoms. The minimum absolute atomic E-state index is 0.472. The van der Waals surface area contributed by atoms with Crippen LogP contribution < -0.4 is 14.8 Å². The van der Waals surface area contributed by atoms with Gasteiger partial charge >= 0.3 is 0 Å². The van der Waals surface area contributed by atoms with Crippen LogP contribution in [0.4, 0.5) is 5.13 Å². The molecule has 1 N–H and O–H groups in total. The van der Waals surface area contributed by atoms with Crippen molar-refractivity contribution in [2.75, 3.05) is 26.1 Å². The third-order valence-corrected chi connectivity index (χ3v) is 4.23. The molecule has 0 radical (unpaired) electrons. The van der Waals surface area contributed by atoms with Crippen LogP contribution in [0.15, 0.2) is 18.2 Å². The Hall–Kier alpha value is -1.75. The number of hydrogen-bond acceptors (Lipinski definition) is 5. The molecular weight excluding hydrogens is 284 g/mol. The molecule has 4 nitrogen and oxygen atoms in total. The molecule has 114 valence electrons. The Bertz CT molecular complexity index is 608. The highest BCUT2D eigenvalue weighted by Crippen LogP contribution is 2.37. The van der Waals surface area contributed by atoms with Crippen LogP contribution in [-0.4, -0.2) is 25.7 Å². The maximum Gasteiger partial charge on any atom is 0.183 e. The Morgan fingerprint density at radius 2 is 2.05 bits per heavy atom. The van der Waals surface area contributed by atoms with Gasteiger partial charge in [-0.15, -0.1) is 0 Å². The highest BCUT2D eigenvalue weighted by molar-refractivity contribution is 7.19. The van der Waals surface area contributed by atoms with Gasteiger partial charge in [-0.25, -0.2) is 4.98 Å². The normalized spacial score (nSPS) is 10.8. The average Bonchev–Trinajstić information content (AvgIpc) is 2.86. The highest BCUT2D eigenvalue weighted by Gasteiger charge is 2.13. The topological polar surface area (TPSA) is 43.4 Å². The Balaban J connectivity index is 2.35. The van der Waals surface area contributed by atoms with E-state index < -0.39 is 0 Å². The molecule has 0 aliphatic rings. The van der Waals surface area contributed by atoms with E-state index in [2.05, 4.69) is 24.1 Å². The molecule has 0 bridgehead atoms. The Labute approximate surface area is 130 Å². The lowest BCUT2D eigenvalue weighted by molar-refractivity contribution is 0.257. The molecule has 0 amide bonds. The first-order valence-electron chi connectivity index (χ1n) is 7.01. The van der Waals surface area contributed by atoms with Gasteiger partial charge in [0.15, 0.2) is 16.6 Å². The lowest BCUT2D eigenvalue weighted by Gasteiger charge is -2.13. The van der Waals surface area contributed by atoms with Crippen LogP contribution in [0.1, 0.15) is 19.5 Å². The van der Waals surface area contributed by atoms with Gasteiger partial charge in [0.05, 0.1) is 24.3 Å². The lowest BCUT2D eigenvalue weighted by atomic mass is 10.1. The van der Waals surface area contributed by atoms with Gasteiger partial charge in [0.25, 0.3) is 0 Å². The highest BCUT2D eigenvalue weighted by atomic mass is 32.1. The molecule has 2 rings (SSSR count). The van der Waals surface area contributed by atoms with E-state index in [0.29, 0.717) is 12.5 Å². The van der Waals surface area contributed by atoms with Gasteiger partial charge < -0.3 is 14.8 Å². The van der Waals surface area contributed by atoms with Crippen LogP contribution in [0.2, 0.25) is 0 Å². The molecule has 0 atom stereocenters. The number of aryl methyl sites for hydroxylation is 1. The number of rotatable bonds is 6. The predicted octanol–water partition coefficient (Wildman–Crippen LogP) is 4.20. The number of hydrogen-bond donors (Lipinski definition) is 1. The molecule has 0 saturated carbocycles. The maximum atomic E-state index is 5.87. The number of benzene rings is 1. The van der Waals surface area contributed by atoms with Crippen molar-refractivity contribution in [3.8, 4) is 21.9 Å². The van der Waals surface area contributed by atoms with Crippen molar-refractivity contribution in [3.63, 3.8) is 0 Å². The summed E-state index contributed by atoms with van der Waals surface area (Å²) in [5.74, 6) is 2.01. The molecule has 0 fully saturated rings. The van der Waals surface area contributed by atoms with Crippen LogP contribution in [0, 0.1) is 12.8 Å². The van der Waals surface area contributed by atoms with E-state index in [4.69, 9.17) is 9.47 Å². The summed E-state index contributed by atoms with van der Waals surface area (Å²) in [5.41, 5.74) is 2.12. The maximum absolute atomic E-state index is 5.87. The average molecular weight is 306 g/mol. The SMILES string of the molecule is CNc1nc(C)c(-c2ccc(OC)c(OCC(C)C)c2)s1. The third kappa shape index (κ3) is 3.67. The summed E-state index contributed by atoms with van der Waals surface area (Å²) in [6, 6.07) is 6.02. The van der Waals surface area contributed by atoms with Crippen molar-refractivity contribution >= 4 is 16.5 Å². The van der Waals surface area contributed by atoms with Gasteiger partial charge in [-0.05, 0) is 36.6 Å². The minimum atomic E-state index is 0.472. The zero-order valence-corrected chi connectivity index (χ0v) is 14.0. The van der Waals surface area contributed by atoms with Crippen LogP contribution in [0.3, 0.4) is 0 Å². The molecule has 0 spiro atoms. The number of nitrogens with one attached hydrogen (secondary N) is 1. The van der Waals surface area contributed by atoms with E-state index in [1.807, 2.05) is 32.2 Å². The number of thiazole rings is 1. The third-order valence-electron chi connectivity index (χ3n) is 3.01. The first-order valence-corrected chi connectivity index (χ1v) is 7.83. The monoisotopic (exact) mass is 306 g/mol. The van der Waals surface area contributed by atoms with Gasteiger partial charge in [0.2, 0.25) is 0 Å². The number of anilines is 1. The number of ether oxygens (including phenoxy) is 2. The first kappa shape index (κ1) is 15.6. The Morgan fingerprint density at radius 1 is 1.29 bits per heavy atom. The summed E-state index contributed by atoms with van der Waals surface area (Å²) in [5, 5.41) is 4.01. The van der Waals surface area contributed by atoms with Crippen LogP contribution in [0.25, 0.3) is 10.4 Å². The zero-order valence-electron chi connectivity index (χ0n) is 13.2. The minimum Gasteiger partial charge on any atom is -0.493 e. The van der Waals surface area contributed by atoms with Crippen LogP contribution in [-0.2, 0) is 0 Å². The number of aromatic nitrogens is 1. The number of nitrogens with zero attached hydrogens (tertiary/aromatic N) is 1. The summed E-state index contributed by atoms with van der Waals surface area (Å²) < 4.78 is 11.2. The molecule has 2 aromatic rings. The van der Waals surface area contributed by atoms with Crippen LogP contribution >= 0.6 is 11.3 Å². The molecule has 21 heavy (non-hydrogen) atoms. The molecule has 0 unspecified atom stereocenters. The van der Waals surface area contributed by atoms with E-state index in [9.17, 15) is 0 Å². The van der Waals surface area contributed by atoms with Gasteiger partial charge in [-0.2, -0.15) is 0 Å². The van der Waals surface area contributed by atoms with E-state index >= 15 is 0 Å². The molecular formula is C16H22N2O2S. The van der Waals surface area contributed by atoms with Crippen molar-refractivity contribution < 1.29 is 9.47 Å². The standard InChI is InChI=1S/C16H22N2O2S/c1-10(2)9-20-14-8-12(6-7-13(14)19-5)15-11(3)18-16(17-4)21-15/h6-8,10H,9H2,1-5H3,(H,17,18). The van der Waals surface area contributed by atoms with E-state index in [1.165, 1.54) is 0 Å². The van der Waals surface area contributed by atoms with Gasteiger partial charge in [0, 0.05) is 7.05 Å². The van der Waals surface area contributed by atoms with E-state index in [-0.39, 0.29) is 0 Å². The predicted molar refractivity (Wildman–Crippen MR) is 88.7 cm³/mol. The van der Waals surface area contributed by atoms with Crippen molar-refractivity contribution in [1.82, 2.24) is 4.98 Å². The van der Waals surface area contributed by atoms with Crippen molar-refractivity contribution in [2.24, 2.45) is 5.92 Å². The van der Waals surface area contributed by atoms with Gasteiger partial charge in [-0.1, -0.05) is 25.2 Å². The van der Waals surface area contributed by atoms with Gasteiger partial charge in [-0.3, -0.25) is 0 Å². The fourth-order valence-corrected chi connectivity index (χ4v) is 2.87. The van der Waals surface area contributed by atoms with Crippen molar-refractivity contribution in [1.29, 1.82) is 0 Å². The van der Waals surface area contributed by atoms with E-state index in [1.54, 1.807) is 18.4 Å². The lowest BCUT2D eigenvalue weighted by Crippen LogP contribution is -2.05. The second-order valence-corrected chi connectivity index (χ2v) is 6.25. The fourth-order valence-electron chi connectivity index (χ4n) is 1.96. The molecule has 0 aliphatic carbocycles. The van der Waals surface area contributed by atoms with Crippen LogP contribution in [0.5, 0.6) is 11.5 Å².